The summed E-state index contributed by atoms with van der Waals surface area (Å²) in [5, 5.41) is 7.39. The molecule has 0 aliphatic carbocycles. The molecule has 8 nitrogen and oxygen atoms in total. The van der Waals surface area contributed by atoms with Gasteiger partial charge in [0.2, 0.25) is 0 Å². The number of urea groups is 1. The highest BCUT2D eigenvalue weighted by molar-refractivity contribution is 5.91. The normalized spacial score (nSPS) is 16.5. The molecule has 1 aliphatic rings. The number of esters is 1. The molecule has 3 aromatic rings. The minimum atomic E-state index is -0.396. The third-order valence-electron chi connectivity index (χ3n) is 5.88. The number of nitrogens with one attached hydrogen (secondary N) is 1. The Hall–Kier alpha value is -3.65. The summed E-state index contributed by atoms with van der Waals surface area (Å²) in [7, 11) is 2.08. The molecule has 4 rings (SSSR count). The molecule has 0 saturated carbocycles. The van der Waals surface area contributed by atoms with Crippen molar-refractivity contribution in [2.75, 3.05) is 38.6 Å². The Balaban J connectivity index is 1.54. The molecule has 1 saturated heterocycles. The number of piperazine rings is 1. The molecule has 2 amide bonds. The average Bonchev–Trinajstić information content (AvgIpc) is 3.21. The Morgan fingerprint density at radius 3 is 2.67 bits per heavy atom. The number of nitrogens with zero attached hydrogens (tertiary/aromatic N) is 4. The molecule has 2 aromatic carbocycles. The zero-order chi connectivity index (χ0) is 23.4. The highest BCUT2D eigenvalue weighted by atomic mass is 16.5. The number of benzene rings is 2. The Labute approximate surface area is 193 Å². The molecule has 1 fully saturated rings. The lowest BCUT2D eigenvalue weighted by Gasteiger charge is -2.40. The van der Waals surface area contributed by atoms with E-state index < -0.39 is 5.97 Å². The van der Waals surface area contributed by atoms with Crippen molar-refractivity contribution in [2.24, 2.45) is 0 Å². The van der Waals surface area contributed by atoms with Crippen LogP contribution in [-0.4, -0.2) is 64.9 Å². The van der Waals surface area contributed by atoms with Gasteiger partial charge in [-0.3, -0.25) is 0 Å². The van der Waals surface area contributed by atoms with E-state index in [1.54, 1.807) is 11.6 Å². The maximum absolute atomic E-state index is 13.3. The van der Waals surface area contributed by atoms with E-state index in [0.717, 1.165) is 24.3 Å². The zero-order valence-corrected chi connectivity index (χ0v) is 19.2. The van der Waals surface area contributed by atoms with Crippen molar-refractivity contribution < 1.29 is 14.3 Å². The topological polar surface area (TPSA) is 79.7 Å². The van der Waals surface area contributed by atoms with Gasteiger partial charge < -0.3 is 19.9 Å². The summed E-state index contributed by atoms with van der Waals surface area (Å²) < 4.78 is 6.77. The van der Waals surface area contributed by atoms with Gasteiger partial charge in [0.25, 0.3) is 0 Å². The molecular weight excluding hydrogens is 418 g/mol. The fourth-order valence-electron chi connectivity index (χ4n) is 4.11. The second-order valence-corrected chi connectivity index (χ2v) is 8.14. The highest BCUT2D eigenvalue weighted by Gasteiger charge is 2.30. The third-order valence-corrected chi connectivity index (χ3v) is 5.88. The van der Waals surface area contributed by atoms with Crippen LogP contribution in [0.2, 0.25) is 0 Å². The van der Waals surface area contributed by atoms with Crippen molar-refractivity contribution >= 4 is 17.7 Å². The molecule has 2 heterocycles. The summed E-state index contributed by atoms with van der Waals surface area (Å²) >= 11 is 0. The van der Waals surface area contributed by atoms with Gasteiger partial charge in [-0.1, -0.05) is 36.4 Å². The van der Waals surface area contributed by atoms with Gasteiger partial charge in [-0.15, -0.1) is 0 Å². The molecule has 8 heteroatoms. The minimum absolute atomic E-state index is 0.0198. The predicted molar refractivity (Wildman–Crippen MR) is 127 cm³/mol. The zero-order valence-electron chi connectivity index (χ0n) is 19.2. The quantitative estimate of drug-likeness (QED) is 0.601. The fraction of sp³-hybridized carbons (Fsp3) is 0.320. The summed E-state index contributed by atoms with van der Waals surface area (Å²) in [6.07, 6.45) is 1.51. The molecule has 0 spiro atoms. The molecular formula is C25H29N5O3. The molecule has 1 unspecified atom stereocenters. The van der Waals surface area contributed by atoms with E-state index in [-0.39, 0.29) is 12.1 Å². The first-order valence-electron chi connectivity index (χ1n) is 11.1. The van der Waals surface area contributed by atoms with Crippen LogP contribution in [0.25, 0.3) is 5.69 Å². The maximum atomic E-state index is 13.3. The van der Waals surface area contributed by atoms with Gasteiger partial charge in [0.05, 0.1) is 30.2 Å². The smallest absolute Gasteiger partial charge is 0.341 e. The molecule has 0 radical (unpaired) electrons. The first-order chi connectivity index (χ1) is 16.0. The van der Waals surface area contributed by atoms with Crippen LogP contribution in [0.3, 0.4) is 0 Å². The third kappa shape index (κ3) is 4.90. The van der Waals surface area contributed by atoms with E-state index in [1.807, 2.05) is 54.3 Å². The number of anilines is 1. The van der Waals surface area contributed by atoms with Gasteiger partial charge in [-0.05, 0) is 44.7 Å². The van der Waals surface area contributed by atoms with E-state index in [4.69, 9.17) is 4.74 Å². The van der Waals surface area contributed by atoms with E-state index in [9.17, 15) is 9.59 Å². The molecule has 0 bridgehead atoms. The van der Waals surface area contributed by atoms with E-state index in [2.05, 4.69) is 34.5 Å². The maximum Gasteiger partial charge on any atom is 0.341 e. The van der Waals surface area contributed by atoms with Gasteiger partial charge >= 0.3 is 12.0 Å². The van der Waals surface area contributed by atoms with Crippen molar-refractivity contribution in [3.05, 3.63) is 77.6 Å². The Kier molecular flexibility index (Phi) is 6.74. The van der Waals surface area contributed by atoms with Crippen molar-refractivity contribution in [3.8, 4) is 5.69 Å². The number of carbonyl (C=O) groups excluding carboxylic acids is 2. The number of carbonyl (C=O) groups is 2. The standard InChI is InChI=1S/C25H29N5O3/c1-4-33-24(31)22-16-26-30(18(22)2)21-12-8-11-20(15-21)27-25(32)29-14-13-28(3)17-23(29)19-9-6-5-7-10-19/h5-12,15-16,23H,4,13-14,17H2,1-3H3,(H,27,32). The SMILES string of the molecule is CCOC(=O)c1cnn(-c2cccc(NC(=O)N3CCN(C)CC3c3ccccc3)c2)c1C. The van der Waals surface area contributed by atoms with E-state index in [1.165, 1.54) is 6.20 Å². The number of aromatic nitrogens is 2. The Morgan fingerprint density at radius 1 is 1.12 bits per heavy atom. The van der Waals surface area contributed by atoms with Crippen LogP contribution in [0, 0.1) is 6.92 Å². The second-order valence-electron chi connectivity index (χ2n) is 8.14. The van der Waals surface area contributed by atoms with Crippen LogP contribution in [0.4, 0.5) is 10.5 Å². The van der Waals surface area contributed by atoms with Gasteiger partial charge in [-0.2, -0.15) is 5.10 Å². The molecule has 172 valence electrons. The first kappa shape index (κ1) is 22.5. The van der Waals surface area contributed by atoms with Crippen LogP contribution in [0.1, 0.15) is 34.6 Å². The fourth-order valence-corrected chi connectivity index (χ4v) is 4.11. The van der Waals surface area contributed by atoms with E-state index in [0.29, 0.717) is 30.1 Å². The van der Waals surface area contributed by atoms with Gasteiger partial charge in [0.1, 0.15) is 5.56 Å². The first-order valence-corrected chi connectivity index (χ1v) is 11.1. The van der Waals surface area contributed by atoms with Crippen LogP contribution in [0.5, 0.6) is 0 Å². The largest absolute Gasteiger partial charge is 0.462 e. The molecule has 1 atom stereocenters. The van der Waals surface area contributed by atoms with Crippen molar-refractivity contribution in [2.45, 2.75) is 19.9 Å². The number of amides is 2. The Morgan fingerprint density at radius 2 is 1.91 bits per heavy atom. The lowest BCUT2D eigenvalue weighted by molar-refractivity contribution is 0.0525. The van der Waals surface area contributed by atoms with Crippen LogP contribution >= 0.6 is 0 Å². The summed E-state index contributed by atoms with van der Waals surface area (Å²) in [5.41, 5.74) is 3.64. The monoisotopic (exact) mass is 447 g/mol. The summed E-state index contributed by atoms with van der Waals surface area (Å²) in [6.45, 7) is 6.14. The molecule has 33 heavy (non-hydrogen) atoms. The Bertz CT molecular complexity index is 1130. The van der Waals surface area contributed by atoms with Crippen molar-refractivity contribution in [3.63, 3.8) is 0 Å². The highest BCUT2D eigenvalue weighted by Crippen LogP contribution is 2.26. The van der Waals surface area contributed by atoms with Gasteiger partial charge in [0, 0.05) is 25.3 Å². The summed E-state index contributed by atoms with van der Waals surface area (Å²) in [6, 6.07) is 17.4. The summed E-state index contributed by atoms with van der Waals surface area (Å²) in [4.78, 5) is 29.5. The van der Waals surface area contributed by atoms with Gasteiger partial charge in [-0.25, -0.2) is 14.3 Å². The molecule has 1 aromatic heterocycles. The van der Waals surface area contributed by atoms with Crippen LogP contribution in [0.15, 0.2) is 60.8 Å². The minimum Gasteiger partial charge on any atom is -0.462 e. The van der Waals surface area contributed by atoms with Gasteiger partial charge in [0.15, 0.2) is 0 Å². The second kappa shape index (κ2) is 9.87. The molecule has 1 N–H and O–H groups in total. The van der Waals surface area contributed by atoms with Crippen LogP contribution < -0.4 is 5.32 Å². The number of hydrogen-bond acceptors (Lipinski definition) is 5. The summed E-state index contributed by atoms with van der Waals surface area (Å²) in [5.74, 6) is -0.396. The van der Waals surface area contributed by atoms with Crippen molar-refractivity contribution in [1.82, 2.24) is 19.6 Å². The lowest BCUT2D eigenvalue weighted by Crippen LogP contribution is -2.50. The number of rotatable bonds is 5. The van der Waals surface area contributed by atoms with Crippen LogP contribution in [-0.2, 0) is 4.74 Å². The molecule has 1 aliphatic heterocycles. The average molecular weight is 448 g/mol. The number of hydrogen-bond donors (Lipinski definition) is 1. The number of likely N-dealkylation sites (N-methyl/N-ethyl adjacent to an activating group) is 1. The predicted octanol–water partition coefficient (Wildman–Crippen LogP) is 3.88. The lowest BCUT2D eigenvalue weighted by atomic mass is 10.0. The van der Waals surface area contributed by atoms with Crippen molar-refractivity contribution in [1.29, 1.82) is 0 Å². The number of ether oxygens (including phenoxy) is 1. The van der Waals surface area contributed by atoms with E-state index >= 15 is 0 Å².